The number of hydrogen-bond donors (Lipinski definition) is 0. The Kier molecular flexibility index (Phi) is 17.7. The quantitative estimate of drug-likeness (QED) is 0.0567. The molecule has 0 saturated heterocycles. The minimum absolute atomic E-state index is 0.0444. The fraction of sp³-hybridized carbons (Fsp3) is 0.525. The van der Waals surface area contributed by atoms with E-state index in [1.54, 1.807) is 0 Å². The summed E-state index contributed by atoms with van der Waals surface area (Å²) in [5, 5.41) is 0. The highest BCUT2D eigenvalue weighted by Gasteiger charge is 2.60. The van der Waals surface area contributed by atoms with Crippen molar-refractivity contribution in [3.63, 3.8) is 0 Å². The lowest BCUT2D eigenvalue weighted by molar-refractivity contribution is -0.0283. The first-order chi connectivity index (χ1) is 42.1. The van der Waals surface area contributed by atoms with Crippen LogP contribution in [0.1, 0.15) is 248 Å². The second-order valence-corrected chi connectivity index (χ2v) is 29.0. The van der Waals surface area contributed by atoms with Crippen LogP contribution in [0.3, 0.4) is 0 Å². The smallest absolute Gasteiger partial charge is 0.258 e. The Labute approximate surface area is 516 Å². The highest BCUT2D eigenvalue weighted by atomic mass is 16.5. The number of carbonyl (C=O) groups excluding carboxylic acids is 2. The van der Waals surface area contributed by atoms with E-state index in [2.05, 4.69) is 159 Å². The Bertz CT molecular complexity index is 2970. The van der Waals surface area contributed by atoms with Crippen LogP contribution in [0.5, 0.6) is 11.5 Å². The summed E-state index contributed by atoms with van der Waals surface area (Å²) in [4.78, 5) is 34.6. The predicted molar refractivity (Wildman–Crippen MR) is 352 cm³/mol. The van der Waals surface area contributed by atoms with E-state index in [0.717, 1.165) is 84.0 Å². The van der Waals surface area contributed by atoms with E-state index in [4.69, 9.17) is 9.47 Å². The maximum Gasteiger partial charge on any atom is 0.258 e. The summed E-state index contributed by atoms with van der Waals surface area (Å²) in [6, 6.07) is 53.5. The number of carbonyl (C=O) groups is 2. The van der Waals surface area contributed by atoms with Crippen molar-refractivity contribution in [3.8, 4) is 11.5 Å². The Morgan fingerprint density at radius 1 is 0.349 bits per heavy atom. The second-order valence-electron chi connectivity index (χ2n) is 29.0. The number of amides is 2. The first-order valence-electron chi connectivity index (χ1n) is 34.6. The van der Waals surface area contributed by atoms with Crippen molar-refractivity contribution in [2.45, 2.75) is 228 Å². The minimum atomic E-state index is 0.0444. The third-order valence-electron chi connectivity index (χ3n) is 22.7. The van der Waals surface area contributed by atoms with Gasteiger partial charge in [0, 0.05) is 22.5 Å². The number of benzene rings is 6. The molecule has 16 bridgehead atoms. The van der Waals surface area contributed by atoms with E-state index < -0.39 is 0 Å². The molecule has 15 aliphatic rings. The normalized spacial score (nSPS) is 26.8. The molecule has 452 valence electrons. The maximum absolute atomic E-state index is 15.3. The summed E-state index contributed by atoms with van der Waals surface area (Å²) in [5.41, 5.74) is 11.5. The van der Waals surface area contributed by atoms with Crippen LogP contribution in [0.25, 0.3) is 0 Å². The van der Waals surface area contributed by atoms with Gasteiger partial charge in [0.25, 0.3) is 11.8 Å². The van der Waals surface area contributed by atoms with Gasteiger partial charge in [0.1, 0.15) is 11.5 Å². The lowest BCUT2D eigenvalue weighted by Crippen LogP contribution is -2.56. The van der Waals surface area contributed by atoms with E-state index in [0.29, 0.717) is 36.8 Å². The zero-order chi connectivity index (χ0) is 58.6. The Hall–Kier alpha value is -6.14. The zero-order valence-electron chi connectivity index (χ0n) is 52.3. The van der Waals surface area contributed by atoms with Crippen LogP contribution >= 0.6 is 0 Å². The van der Waals surface area contributed by atoms with Gasteiger partial charge < -0.3 is 19.3 Å². The van der Waals surface area contributed by atoms with E-state index in [-0.39, 0.29) is 33.5 Å². The highest BCUT2D eigenvalue weighted by molar-refractivity contribution is 6.07. The monoisotopic (exact) mass is 1150 g/mol. The van der Waals surface area contributed by atoms with Crippen molar-refractivity contribution in [2.75, 3.05) is 23.0 Å². The summed E-state index contributed by atoms with van der Waals surface area (Å²) >= 11 is 0. The molecular weight excluding hydrogens is 1050 g/mol. The number of hydrogen-bond acceptors (Lipinski definition) is 4. The van der Waals surface area contributed by atoms with Gasteiger partial charge in [0.05, 0.1) is 26.3 Å². The molecule has 7 heterocycles. The summed E-state index contributed by atoms with van der Waals surface area (Å²) in [7, 11) is 0. The number of rotatable bonds is 24. The molecule has 0 aromatic heterocycles. The van der Waals surface area contributed by atoms with E-state index in [1.807, 2.05) is 9.80 Å². The van der Waals surface area contributed by atoms with Gasteiger partial charge >= 0.3 is 0 Å². The van der Waals surface area contributed by atoms with Gasteiger partial charge in [-0.1, -0.05) is 177 Å². The van der Waals surface area contributed by atoms with Crippen LogP contribution < -0.4 is 19.3 Å². The standard InChI is InChI=1S/C80H98N2O4/c1-3-5-7-9-11-13-15-17-43-85-73-39-19-59(20-40-73)55-81-71-35-31-69(32-36-71)79-51-61-45-62(52-79)50-78(49-61,57-79)68-29-25-66(26-30-68)76(84)82(56-60-21-41-74(42-22-60)86-44-18-16-14-12-10-8-6-4-2)72-37-33-70(34-38-72)80-53-63-46-64(54-80)48-77(47-63,58-80)67-27-23-65(24-28-67)75(81)83/h19-42,61-64H,3-18,43-58H2,1-2H3. The van der Waals surface area contributed by atoms with E-state index in [9.17, 15) is 0 Å². The van der Waals surface area contributed by atoms with E-state index >= 15 is 9.59 Å². The van der Waals surface area contributed by atoms with Gasteiger partial charge in [-0.2, -0.15) is 0 Å². The Morgan fingerprint density at radius 2 is 0.628 bits per heavy atom. The average molecular weight is 1150 g/mol. The molecular formula is C80H98N2O4. The first kappa shape index (κ1) is 58.9. The lowest BCUT2D eigenvalue weighted by atomic mass is 9.41. The molecule has 4 spiro atoms. The van der Waals surface area contributed by atoms with Crippen molar-refractivity contribution >= 4 is 23.2 Å². The molecule has 0 N–H and O–H groups in total. The van der Waals surface area contributed by atoms with Crippen LogP contribution in [0.4, 0.5) is 11.4 Å². The molecule has 6 heteroatoms. The third kappa shape index (κ3) is 12.5. The van der Waals surface area contributed by atoms with Gasteiger partial charge in [0.15, 0.2) is 0 Å². The number of ether oxygens (including phenoxy) is 2. The summed E-state index contributed by atoms with van der Waals surface area (Å²) in [6.07, 6.45) is 35.1. The predicted octanol–water partition coefficient (Wildman–Crippen LogP) is 20.3. The van der Waals surface area contributed by atoms with Crippen molar-refractivity contribution < 1.29 is 19.1 Å². The fourth-order valence-electron chi connectivity index (χ4n) is 19.3. The molecule has 6 aromatic carbocycles. The van der Waals surface area contributed by atoms with Gasteiger partial charge in [-0.15, -0.1) is 0 Å². The lowest BCUT2D eigenvalue weighted by Gasteiger charge is -2.63. The largest absolute Gasteiger partial charge is 0.494 e. The molecule has 7 aliphatic heterocycles. The summed E-state index contributed by atoms with van der Waals surface area (Å²) in [6.45, 7) is 6.98. The molecule has 6 aromatic rings. The van der Waals surface area contributed by atoms with Crippen molar-refractivity contribution in [3.05, 3.63) is 190 Å². The topological polar surface area (TPSA) is 59.1 Å². The maximum atomic E-state index is 15.3. The SMILES string of the molecule is CCCCCCCCCCOc1ccc(CN2C(=O)c3ccc(cc3)C34CC5CC(C3)CC(C5)(C4)c3ccc(cc3)N(Cc3ccc(OCCCCCCCCCC)cc3)C(=O)c3ccc(cc3)C34CC5CC(C3)CC(C5)(C4)c3ccc2cc3)cc1. The molecule has 21 rings (SSSR count). The number of nitrogens with zero attached hydrogens (tertiary/aromatic N) is 2. The third-order valence-corrected chi connectivity index (χ3v) is 22.7. The van der Waals surface area contributed by atoms with Gasteiger partial charge in [-0.25, -0.2) is 0 Å². The Morgan fingerprint density at radius 3 is 0.930 bits per heavy atom. The van der Waals surface area contributed by atoms with Crippen LogP contribution in [0.15, 0.2) is 146 Å². The van der Waals surface area contributed by atoms with Crippen LogP contribution in [0.2, 0.25) is 0 Å². The first-order valence-corrected chi connectivity index (χ1v) is 34.6. The van der Waals surface area contributed by atoms with Crippen LogP contribution in [-0.4, -0.2) is 25.0 Å². The minimum Gasteiger partial charge on any atom is -0.494 e. The van der Waals surface area contributed by atoms with Gasteiger partial charge in [0.2, 0.25) is 0 Å². The Balaban J connectivity index is 0.790. The molecule has 8 fully saturated rings. The summed E-state index contributed by atoms with van der Waals surface area (Å²) < 4.78 is 12.5. The highest BCUT2D eigenvalue weighted by Crippen LogP contribution is 2.68. The van der Waals surface area contributed by atoms with Gasteiger partial charge in [-0.3, -0.25) is 9.59 Å². The summed E-state index contributed by atoms with van der Waals surface area (Å²) in [5.74, 6) is 4.56. The van der Waals surface area contributed by atoms with Gasteiger partial charge in [-0.05, 0) is 241 Å². The van der Waals surface area contributed by atoms with E-state index in [1.165, 1.54) is 176 Å². The fourth-order valence-corrected chi connectivity index (χ4v) is 19.3. The molecule has 86 heavy (non-hydrogen) atoms. The molecule has 4 atom stereocenters. The molecule has 8 saturated carbocycles. The van der Waals surface area contributed by atoms with Crippen molar-refractivity contribution in [1.82, 2.24) is 0 Å². The molecule has 6 nitrogen and oxygen atoms in total. The van der Waals surface area contributed by atoms with Crippen molar-refractivity contribution in [2.24, 2.45) is 23.7 Å². The number of anilines is 2. The second kappa shape index (κ2) is 25.9. The zero-order valence-corrected chi connectivity index (χ0v) is 52.3. The molecule has 0 radical (unpaired) electrons. The molecule has 8 aliphatic carbocycles. The van der Waals surface area contributed by atoms with Crippen LogP contribution in [-0.2, 0) is 34.7 Å². The molecule has 2 amide bonds. The molecule has 4 unspecified atom stereocenters. The average Bonchev–Trinajstić information content (AvgIpc) is 0.826. The van der Waals surface area contributed by atoms with Crippen molar-refractivity contribution in [1.29, 1.82) is 0 Å². The number of unbranched alkanes of at least 4 members (excludes halogenated alkanes) is 14. The van der Waals surface area contributed by atoms with Crippen LogP contribution in [0, 0.1) is 23.7 Å².